The van der Waals surface area contributed by atoms with Crippen LogP contribution in [0.5, 0.6) is 0 Å². The average Bonchev–Trinajstić information content (AvgIpc) is 3.10. The molecule has 1 heterocycles. The molecular formula is C16H19N3O5. The van der Waals surface area contributed by atoms with Crippen LogP contribution in [0.2, 0.25) is 0 Å². The standard InChI is InChI=1S/C16H19N3O5/c1-17-14-6-5-12(10-15(14)19(21)22)16(20)18(7-9-23-2)11-13-4-3-8-24-13/h3-6,8,10,17H,7,9,11H2,1-2H3. The van der Waals surface area contributed by atoms with E-state index >= 15 is 0 Å². The molecule has 1 N–H and O–H groups in total. The number of carbonyl (C=O) groups excluding carboxylic acids is 1. The van der Waals surface area contributed by atoms with Crippen molar-refractivity contribution >= 4 is 17.3 Å². The number of hydrogen-bond donors (Lipinski definition) is 1. The number of methoxy groups -OCH3 is 1. The van der Waals surface area contributed by atoms with Gasteiger partial charge in [0.1, 0.15) is 11.4 Å². The van der Waals surface area contributed by atoms with E-state index in [-0.39, 0.29) is 23.7 Å². The van der Waals surface area contributed by atoms with E-state index in [1.54, 1.807) is 32.4 Å². The van der Waals surface area contributed by atoms with Gasteiger partial charge in [-0.3, -0.25) is 14.9 Å². The smallest absolute Gasteiger partial charge is 0.293 e. The van der Waals surface area contributed by atoms with E-state index in [4.69, 9.17) is 9.15 Å². The minimum Gasteiger partial charge on any atom is -0.467 e. The molecule has 8 nitrogen and oxygen atoms in total. The summed E-state index contributed by atoms with van der Waals surface area (Å²) >= 11 is 0. The van der Waals surface area contributed by atoms with E-state index in [1.807, 2.05) is 0 Å². The molecule has 1 amide bonds. The highest BCUT2D eigenvalue weighted by Gasteiger charge is 2.21. The Morgan fingerprint density at radius 1 is 1.42 bits per heavy atom. The number of hydrogen-bond acceptors (Lipinski definition) is 6. The molecule has 128 valence electrons. The van der Waals surface area contributed by atoms with E-state index < -0.39 is 4.92 Å². The fourth-order valence-electron chi connectivity index (χ4n) is 2.25. The van der Waals surface area contributed by atoms with Gasteiger partial charge < -0.3 is 19.4 Å². The Hall–Kier alpha value is -2.87. The molecule has 0 atom stereocenters. The van der Waals surface area contributed by atoms with Gasteiger partial charge in [0.2, 0.25) is 0 Å². The van der Waals surface area contributed by atoms with Crippen LogP contribution in [0.25, 0.3) is 0 Å². The average molecular weight is 333 g/mol. The minimum atomic E-state index is -0.519. The molecule has 0 unspecified atom stereocenters. The molecule has 0 aliphatic rings. The second-order valence-corrected chi connectivity index (χ2v) is 5.04. The summed E-state index contributed by atoms with van der Waals surface area (Å²) in [5.41, 5.74) is 0.447. The molecule has 0 aliphatic heterocycles. The second-order valence-electron chi connectivity index (χ2n) is 5.04. The van der Waals surface area contributed by atoms with Crippen LogP contribution in [-0.4, -0.2) is 43.0 Å². The number of furan rings is 1. The molecule has 0 radical (unpaired) electrons. The van der Waals surface area contributed by atoms with Gasteiger partial charge in [-0.1, -0.05) is 0 Å². The van der Waals surface area contributed by atoms with E-state index in [2.05, 4.69) is 5.32 Å². The number of rotatable bonds is 8. The van der Waals surface area contributed by atoms with Gasteiger partial charge in [0.15, 0.2) is 0 Å². The lowest BCUT2D eigenvalue weighted by Crippen LogP contribution is -2.33. The van der Waals surface area contributed by atoms with Crippen molar-refractivity contribution in [3.8, 4) is 0 Å². The number of nitro benzene ring substituents is 1. The van der Waals surface area contributed by atoms with Crippen LogP contribution < -0.4 is 5.32 Å². The third-order valence-corrected chi connectivity index (χ3v) is 3.49. The van der Waals surface area contributed by atoms with Gasteiger partial charge in [0, 0.05) is 32.3 Å². The number of anilines is 1. The summed E-state index contributed by atoms with van der Waals surface area (Å²) < 4.78 is 10.3. The van der Waals surface area contributed by atoms with E-state index in [0.717, 1.165) is 0 Å². The van der Waals surface area contributed by atoms with Crippen molar-refractivity contribution in [1.29, 1.82) is 0 Å². The van der Waals surface area contributed by atoms with Gasteiger partial charge in [0.25, 0.3) is 11.6 Å². The van der Waals surface area contributed by atoms with Crippen LogP contribution in [0.15, 0.2) is 41.0 Å². The normalized spacial score (nSPS) is 10.4. The number of nitrogens with one attached hydrogen (secondary N) is 1. The summed E-state index contributed by atoms with van der Waals surface area (Å²) in [5.74, 6) is 0.301. The van der Waals surface area contributed by atoms with Gasteiger partial charge in [-0.15, -0.1) is 0 Å². The third-order valence-electron chi connectivity index (χ3n) is 3.49. The van der Waals surface area contributed by atoms with Crippen LogP contribution in [-0.2, 0) is 11.3 Å². The quantitative estimate of drug-likeness (QED) is 0.589. The molecule has 0 aliphatic carbocycles. The predicted molar refractivity (Wildman–Crippen MR) is 88.0 cm³/mol. The molecule has 0 fully saturated rings. The van der Waals surface area contributed by atoms with Crippen molar-refractivity contribution in [2.75, 3.05) is 32.6 Å². The number of carbonyl (C=O) groups is 1. The molecule has 0 bridgehead atoms. The van der Waals surface area contributed by atoms with Gasteiger partial charge in [-0.25, -0.2) is 0 Å². The SMILES string of the molecule is CNc1ccc(C(=O)N(CCOC)Cc2ccco2)cc1[N+](=O)[O-]. The van der Waals surface area contributed by atoms with Crippen molar-refractivity contribution in [1.82, 2.24) is 4.90 Å². The molecule has 1 aromatic carbocycles. The first-order chi connectivity index (χ1) is 11.6. The molecule has 0 saturated carbocycles. The number of nitrogens with zero attached hydrogens (tertiary/aromatic N) is 2. The maximum atomic E-state index is 12.7. The van der Waals surface area contributed by atoms with Crippen LogP contribution >= 0.6 is 0 Å². The Morgan fingerprint density at radius 3 is 2.79 bits per heavy atom. The van der Waals surface area contributed by atoms with Crippen molar-refractivity contribution < 1.29 is 18.9 Å². The summed E-state index contributed by atoms with van der Waals surface area (Å²) in [6, 6.07) is 7.85. The number of amides is 1. The van der Waals surface area contributed by atoms with Crippen molar-refractivity contribution in [3.05, 3.63) is 58.0 Å². The molecular weight excluding hydrogens is 314 g/mol. The summed E-state index contributed by atoms with van der Waals surface area (Å²) in [7, 11) is 3.13. The maximum absolute atomic E-state index is 12.7. The van der Waals surface area contributed by atoms with E-state index in [9.17, 15) is 14.9 Å². The number of nitro groups is 1. The number of benzene rings is 1. The Morgan fingerprint density at radius 2 is 2.21 bits per heavy atom. The molecule has 2 rings (SSSR count). The van der Waals surface area contributed by atoms with Gasteiger partial charge in [-0.05, 0) is 24.3 Å². The van der Waals surface area contributed by atoms with Crippen molar-refractivity contribution in [2.45, 2.75) is 6.54 Å². The Labute approximate surface area is 139 Å². The first kappa shape index (κ1) is 17.5. The van der Waals surface area contributed by atoms with Crippen LogP contribution in [0.3, 0.4) is 0 Å². The Balaban J connectivity index is 2.27. The molecule has 1 aromatic heterocycles. The summed E-state index contributed by atoms with van der Waals surface area (Å²) in [4.78, 5) is 24.9. The Kier molecular flexibility index (Phi) is 5.91. The maximum Gasteiger partial charge on any atom is 0.293 e. The van der Waals surface area contributed by atoms with Gasteiger partial charge in [-0.2, -0.15) is 0 Å². The van der Waals surface area contributed by atoms with Crippen LogP contribution in [0, 0.1) is 10.1 Å². The summed E-state index contributed by atoms with van der Waals surface area (Å²) in [6.07, 6.45) is 1.53. The highest BCUT2D eigenvalue weighted by Crippen LogP contribution is 2.26. The summed E-state index contributed by atoms with van der Waals surface area (Å²) in [6.45, 7) is 0.956. The molecule has 0 saturated heterocycles. The zero-order valence-corrected chi connectivity index (χ0v) is 13.5. The predicted octanol–water partition coefficient (Wildman–Crippen LogP) is 2.52. The van der Waals surface area contributed by atoms with E-state index in [0.29, 0.717) is 24.6 Å². The largest absolute Gasteiger partial charge is 0.467 e. The van der Waals surface area contributed by atoms with Crippen molar-refractivity contribution in [3.63, 3.8) is 0 Å². The van der Waals surface area contributed by atoms with Gasteiger partial charge in [0.05, 0.1) is 24.3 Å². The first-order valence-electron chi connectivity index (χ1n) is 7.33. The van der Waals surface area contributed by atoms with Crippen LogP contribution in [0.1, 0.15) is 16.1 Å². The zero-order chi connectivity index (χ0) is 17.5. The number of ether oxygens (including phenoxy) is 1. The lowest BCUT2D eigenvalue weighted by atomic mass is 10.1. The van der Waals surface area contributed by atoms with E-state index in [1.165, 1.54) is 23.3 Å². The molecule has 2 aromatic rings. The first-order valence-corrected chi connectivity index (χ1v) is 7.33. The zero-order valence-electron chi connectivity index (χ0n) is 13.5. The lowest BCUT2D eigenvalue weighted by Gasteiger charge is -2.21. The third kappa shape index (κ3) is 4.11. The summed E-state index contributed by atoms with van der Waals surface area (Å²) in [5, 5.41) is 13.9. The highest BCUT2D eigenvalue weighted by molar-refractivity contribution is 5.95. The van der Waals surface area contributed by atoms with Crippen molar-refractivity contribution in [2.24, 2.45) is 0 Å². The highest BCUT2D eigenvalue weighted by atomic mass is 16.6. The van der Waals surface area contributed by atoms with Gasteiger partial charge >= 0.3 is 0 Å². The van der Waals surface area contributed by atoms with Crippen LogP contribution in [0.4, 0.5) is 11.4 Å². The second kappa shape index (κ2) is 8.11. The minimum absolute atomic E-state index is 0.145. The fourth-order valence-corrected chi connectivity index (χ4v) is 2.25. The Bertz CT molecular complexity index is 700. The fraction of sp³-hybridized carbons (Fsp3) is 0.312. The molecule has 24 heavy (non-hydrogen) atoms. The molecule has 0 spiro atoms. The monoisotopic (exact) mass is 333 g/mol. The topological polar surface area (TPSA) is 97.9 Å². The lowest BCUT2D eigenvalue weighted by molar-refractivity contribution is -0.384. The molecule has 8 heteroatoms.